The monoisotopic (exact) mass is 254 g/mol. The van der Waals surface area contributed by atoms with Crippen LogP contribution in [0.4, 0.5) is 18.9 Å². The second-order valence-electron chi connectivity index (χ2n) is 3.35. The Morgan fingerprint density at radius 1 is 1.22 bits per heavy atom. The number of halogens is 3. The molecule has 0 saturated carbocycles. The van der Waals surface area contributed by atoms with Gasteiger partial charge in [-0.1, -0.05) is 18.2 Å². The van der Waals surface area contributed by atoms with Gasteiger partial charge in [-0.25, -0.2) is 4.68 Å². The molecule has 0 aliphatic carbocycles. The third-order valence-corrected chi connectivity index (χ3v) is 2.19. The molecule has 0 N–H and O–H groups in total. The predicted octanol–water partition coefficient (Wildman–Crippen LogP) is 2.45. The van der Waals surface area contributed by atoms with E-state index in [1.54, 1.807) is 18.2 Å². The van der Waals surface area contributed by atoms with E-state index >= 15 is 0 Å². The lowest BCUT2D eigenvalue weighted by atomic mass is 10.3. The Balaban J connectivity index is 2.66. The summed E-state index contributed by atoms with van der Waals surface area (Å²) < 4.78 is 38.2. The zero-order valence-electron chi connectivity index (χ0n) is 8.72. The number of aromatic nitrogens is 2. The lowest BCUT2D eigenvalue weighted by Gasteiger charge is -2.06. The first kappa shape index (κ1) is 11.9. The van der Waals surface area contributed by atoms with Gasteiger partial charge < -0.3 is 5.11 Å². The van der Waals surface area contributed by atoms with E-state index in [0.717, 1.165) is 0 Å². The molecule has 0 spiro atoms. The number of diazo groups is 1. The maximum atomic E-state index is 12.6. The molecule has 0 aliphatic heterocycles. The highest BCUT2D eigenvalue weighted by Gasteiger charge is 2.44. The van der Waals surface area contributed by atoms with Crippen molar-refractivity contribution in [3.8, 4) is 11.6 Å². The van der Waals surface area contributed by atoms with E-state index in [9.17, 15) is 18.3 Å². The molecule has 0 unspecified atom stereocenters. The molecule has 1 heterocycles. The largest absolute Gasteiger partial charge is 0.853 e. The van der Waals surface area contributed by atoms with Crippen LogP contribution in [0.25, 0.3) is 10.7 Å². The summed E-state index contributed by atoms with van der Waals surface area (Å²) in [6.07, 6.45) is -4.86. The molecule has 1 aromatic carbocycles. The quantitative estimate of drug-likeness (QED) is 0.734. The standard InChI is InChI=1S/C10H5F3N4O/c11-10(12,13)8-7(15-14)9(18)17(16-8)6-4-2-1-3-5-6/h1-5H. The summed E-state index contributed by atoms with van der Waals surface area (Å²) >= 11 is 0. The van der Waals surface area contributed by atoms with Crippen molar-refractivity contribution in [3.05, 3.63) is 41.0 Å². The minimum atomic E-state index is -4.86. The minimum absolute atomic E-state index is 0.155. The number of rotatable bonds is 1. The van der Waals surface area contributed by atoms with Gasteiger partial charge in [-0.15, -0.1) is 0 Å². The number of nitrogens with zero attached hydrogens (tertiary/aromatic N) is 4. The highest BCUT2D eigenvalue weighted by atomic mass is 19.4. The molecule has 2 rings (SSSR count). The van der Waals surface area contributed by atoms with Gasteiger partial charge in [0.2, 0.25) is 5.39 Å². The fourth-order valence-corrected chi connectivity index (χ4v) is 1.42. The second-order valence-corrected chi connectivity index (χ2v) is 3.35. The van der Waals surface area contributed by atoms with Crippen LogP contribution in [-0.2, 0) is 6.18 Å². The summed E-state index contributed by atoms with van der Waals surface area (Å²) in [6, 6.07) is 7.55. The molecule has 0 bridgehead atoms. The number of alkyl halides is 3. The van der Waals surface area contributed by atoms with Crippen molar-refractivity contribution >= 4 is 5.69 Å². The molecular weight excluding hydrogens is 249 g/mol. The molecule has 5 nitrogen and oxygen atoms in total. The molecule has 8 heteroatoms. The van der Waals surface area contributed by atoms with Gasteiger partial charge in [-0.2, -0.15) is 18.3 Å². The van der Waals surface area contributed by atoms with E-state index < -0.39 is 23.4 Å². The van der Waals surface area contributed by atoms with Crippen molar-refractivity contribution < 1.29 is 18.3 Å². The maximum Gasteiger partial charge on any atom is 0.443 e. The number of para-hydroxylation sites is 1. The highest BCUT2D eigenvalue weighted by Crippen LogP contribution is 2.40. The van der Waals surface area contributed by atoms with Crippen LogP contribution in [0.3, 0.4) is 0 Å². The SMILES string of the molecule is N#[N+]c1c(C(F)(F)F)nn(-c2ccccc2)c1[O-]. The summed E-state index contributed by atoms with van der Waals surface area (Å²) in [7, 11) is 0. The summed E-state index contributed by atoms with van der Waals surface area (Å²) in [5.41, 5.74) is -2.48. The van der Waals surface area contributed by atoms with E-state index in [0.29, 0.717) is 4.68 Å². The first-order valence-corrected chi connectivity index (χ1v) is 4.73. The maximum absolute atomic E-state index is 12.6. The van der Waals surface area contributed by atoms with Gasteiger partial charge in [0.25, 0.3) is 5.69 Å². The Morgan fingerprint density at radius 2 is 1.83 bits per heavy atom. The molecule has 0 amide bonds. The van der Waals surface area contributed by atoms with E-state index in [-0.39, 0.29) is 5.69 Å². The van der Waals surface area contributed by atoms with Gasteiger partial charge in [-0.05, 0) is 12.1 Å². The van der Waals surface area contributed by atoms with Crippen LogP contribution in [0, 0.1) is 5.39 Å². The van der Waals surface area contributed by atoms with Crippen LogP contribution < -0.4 is 5.11 Å². The zero-order chi connectivity index (χ0) is 13.3. The van der Waals surface area contributed by atoms with Crippen molar-refractivity contribution in [3.63, 3.8) is 0 Å². The first-order valence-electron chi connectivity index (χ1n) is 4.73. The molecular formula is C10H5F3N4O. The summed E-state index contributed by atoms with van der Waals surface area (Å²) in [6.45, 7) is 0. The summed E-state index contributed by atoms with van der Waals surface area (Å²) in [5, 5.41) is 23.3. The number of hydrogen-bond donors (Lipinski definition) is 0. The Bertz CT molecular complexity index is 613. The van der Waals surface area contributed by atoms with Crippen LogP contribution in [-0.4, -0.2) is 9.78 Å². The lowest BCUT2D eigenvalue weighted by molar-refractivity contribution is -0.276. The molecule has 92 valence electrons. The van der Waals surface area contributed by atoms with E-state index in [1.165, 1.54) is 12.1 Å². The van der Waals surface area contributed by atoms with Gasteiger partial charge in [0.05, 0.1) is 11.6 Å². The fraction of sp³-hybridized carbons (Fsp3) is 0.100. The minimum Gasteiger partial charge on any atom is -0.853 e. The van der Waals surface area contributed by atoms with Crippen molar-refractivity contribution in [2.45, 2.75) is 6.18 Å². The summed E-state index contributed by atoms with van der Waals surface area (Å²) in [5.74, 6) is -1.13. The third-order valence-electron chi connectivity index (χ3n) is 2.19. The van der Waals surface area contributed by atoms with E-state index in [2.05, 4.69) is 10.1 Å². The van der Waals surface area contributed by atoms with Crippen molar-refractivity contribution in [1.29, 1.82) is 5.39 Å². The van der Waals surface area contributed by atoms with Gasteiger partial charge in [0.1, 0.15) is 0 Å². The number of hydrogen-bond acceptors (Lipinski definition) is 3. The van der Waals surface area contributed by atoms with Crippen molar-refractivity contribution in [1.82, 2.24) is 9.78 Å². The van der Waals surface area contributed by atoms with Gasteiger partial charge in [0.15, 0.2) is 4.98 Å². The molecule has 0 radical (unpaired) electrons. The van der Waals surface area contributed by atoms with Gasteiger partial charge in [-0.3, -0.25) is 0 Å². The molecule has 2 aromatic rings. The smallest absolute Gasteiger partial charge is 0.443 e. The van der Waals surface area contributed by atoms with Crippen LogP contribution >= 0.6 is 0 Å². The zero-order valence-corrected chi connectivity index (χ0v) is 8.72. The number of benzene rings is 1. The summed E-state index contributed by atoms with van der Waals surface area (Å²) in [4.78, 5) is 2.37. The topological polar surface area (TPSA) is 69.0 Å². The predicted molar refractivity (Wildman–Crippen MR) is 52.8 cm³/mol. The third kappa shape index (κ3) is 1.86. The normalized spacial score (nSPS) is 11.2. The molecule has 0 atom stereocenters. The Labute approximate surface area is 98.7 Å². The van der Waals surface area contributed by atoms with Crippen LogP contribution in [0.15, 0.2) is 30.3 Å². The fourth-order valence-electron chi connectivity index (χ4n) is 1.42. The first-order chi connectivity index (χ1) is 8.45. The Hall–Kier alpha value is -2.56. The van der Waals surface area contributed by atoms with Crippen LogP contribution in [0.5, 0.6) is 5.88 Å². The molecule has 0 saturated heterocycles. The lowest BCUT2D eigenvalue weighted by Crippen LogP contribution is -2.07. The van der Waals surface area contributed by atoms with Gasteiger partial charge in [0, 0.05) is 0 Å². The highest BCUT2D eigenvalue weighted by molar-refractivity contribution is 5.60. The van der Waals surface area contributed by atoms with E-state index in [4.69, 9.17) is 5.39 Å². The van der Waals surface area contributed by atoms with Crippen molar-refractivity contribution in [2.24, 2.45) is 0 Å². The molecule has 0 aliphatic rings. The van der Waals surface area contributed by atoms with Crippen LogP contribution in [0.2, 0.25) is 0 Å². The Kier molecular flexibility index (Phi) is 2.67. The Morgan fingerprint density at radius 3 is 2.28 bits per heavy atom. The molecule has 18 heavy (non-hydrogen) atoms. The molecule has 1 aromatic heterocycles. The second kappa shape index (κ2) is 4.03. The molecule has 0 fully saturated rings. The van der Waals surface area contributed by atoms with E-state index in [1.807, 2.05) is 0 Å². The van der Waals surface area contributed by atoms with Crippen molar-refractivity contribution in [2.75, 3.05) is 0 Å². The average Bonchev–Trinajstić information content (AvgIpc) is 2.67. The van der Waals surface area contributed by atoms with Crippen LogP contribution in [0.1, 0.15) is 5.69 Å². The van der Waals surface area contributed by atoms with Gasteiger partial charge >= 0.3 is 11.9 Å². The average molecular weight is 254 g/mol.